The first-order valence-electron chi connectivity index (χ1n) is 8.69. The Bertz CT molecular complexity index is 1170. The Morgan fingerprint density at radius 1 is 1.31 bits per heavy atom. The number of phenolic OH excluding ortho intramolecular Hbond substituents is 1. The first kappa shape index (κ1) is 20.2. The van der Waals surface area contributed by atoms with Crippen LogP contribution in [0, 0.1) is 0 Å². The van der Waals surface area contributed by atoms with Crippen LogP contribution in [-0.4, -0.2) is 34.1 Å². The van der Waals surface area contributed by atoms with Crippen LogP contribution >= 0.6 is 43.6 Å². The van der Waals surface area contributed by atoms with Crippen molar-refractivity contribution in [2.24, 2.45) is 10.1 Å². The standard InChI is InChI=1S/C19H16Br2N4O3S/c1-3-29-19-23-18(27)15-11-8-10(20)4-5-13(11)22-17(25(15)24-19)9-6-12(21)16(26)14(7-9)28-2/h4-8,17,26H,3H2,1-2H3,(H,23,24,27). The van der Waals surface area contributed by atoms with Gasteiger partial charge < -0.3 is 9.84 Å². The second-order valence-corrected chi connectivity index (χ2v) is 9.23. The summed E-state index contributed by atoms with van der Waals surface area (Å²) in [7, 11) is 1.48. The van der Waals surface area contributed by atoms with E-state index in [1.165, 1.54) is 18.9 Å². The minimum absolute atomic E-state index is 0.00251. The molecule has 2 aliphatic rings. The van der Waals surface area contributed by atoms with Gasteiger partial charge in [-0.1, -0.05) is 34.6 Å². The number of amidine groups is 1. The molecule has 2 aliphatic heterocycles. The molecule has 1 amide bonds. The molecule has 2 aromatic carbocycles. The number of carbonyl (C=O) groups excluding carboxylic acids is 1. The van der Waals surface area contributed by atoms with E-state index < -0.39 is 6.17 Å². The van der Waals surface area contributed by atoms with Crippen LogP contribution in [0.3, 0.4) is 0 Å². The normalized spacial score (nSPS) is 17.7. The van der Waals surface area contributed by atoms with Crippen LogP contribution < -0.4 is 20.6 Å². The number of nitrogens with zero attached hydrogens (tertiary/aromatic N) is 3. The Morgan fingerprint density at radius 2 is 2.10 bits per heavy atom. The van der Waals surface area contributed by atoms with Crippen LogP contribution in [-0.2, 0) is 4.79 Å². The predicted octanol–water partition coefficient (Wildman–Crippen LogP) is 2.82. The van der Waals surface area contributed by atoms with Crippen molar-refractivity contribution in [2.45, 2.75) is 13.1 Å². The van der Waals surface area contributed by atoms with Gasteiger partial charge in [-0.2, -0.15) is 0 Å². The Labute approximate surface area is 187 Å². The molecular formula is C19H16Br2N4O3S. The van der Waals surface area contributed by atoms with E-state index in [-0.39, 0.29) is 11.7 Å². The molecule has 1 unspecified atom stereocenters. The highest BCUT2D eigenvalue weighted by atomic mass is 79.9. The Balaban J connectivity index is 1.98. The Kier molecular flexibility index (Phi) is 5.58. The van der Waals surface area contributed by atoms with Crippen molar-refractivity contribution in [2.75, 3.05) is 12.9 Å². The summed E-state index contributed by atoms with van der Waals surface area (Å²) in [5.41, 5.74) is 1.14. The third-order valence-electron chi connectivity index (χ3n) is 4.42. The quantitative estimate of drug-likeness (QED) is 0.626. The molecule has 10 heteroatoms. The third-order valence-corrected chi connectivity index (χ3v) is 6.26. The molecule has 0 aliphatic carbocycles. The number of hydrogen-bond donors (Lipinski definition) is 2. The summed E-state index contributed by atoms with van der Waals surface area (Å²) in [5, 5.41) is 21.2. The van der Waals surface area contributed by atoms with E-state index in [9.17, 15) is 9.90 Å². The van der Waals surface area contributed by atoms with Gasteiger partial charge in [-0.15, -0.1) is 5.10 Å². The van der Waals surface area contributed by atoms with E-state index in [2.05, 4.69) is 42.3 Å². The topological polar surface area (TPSA) is 86.5 Å². The van der Waals surface area contributed by atoms with Gasteiger partial charge in [0.2, 0.25) is 0 Å². The van der Waals surface area contributed by atoms with Gasteiger partial charge in [-0.3, -0.25) is 15.1 Å². The lowest BCUT2D eigenvalue weighted by Gasteiger charge is -2.34. The van der Waals surface area contributed by atoms with Crippen molar-refractivity contribution >= 4 is 60.4 Å². The summed E-state index contributed by atoms with van der Waals surface area (Å²) in [6.07, 6.45) is -0.594. The van der Waals surface area contributed by atoms with Gasteiger partial charge in [0, 0.05) is 15.3 Å². The van der Waals surface area contributed by atoms with Gasteiger partial charge in [0.15, 0.2) is 22.8 Å². The number of methoxy groups -OCH3 is 1. The number of hydrazone groups is 1. The molecule has 29 heavy (non-hydrogen) atoms. The molecule has 0 saturated heterocycles. The summed E-state index contributed by atoms with van der Waals surface area (Å²) in [4.78, 5) is 17.8. The van der Waals surface area contributed by atoms with E-state index in [0.29, 0.717) is 31.7 Å². The van der Waals surface area contributed by atoms with Crippen LogP contribution in [0.2, 0.25) is 0 Å². The van der Waals surface area contributed by atoms with Crippen molar-refractivity contribution in [3.8, 4) is 11.5 Å². The van der Waals surface area contributed by atoms with Crippen molar-refractivity contribution in [1.82, 2.24) is 10.3 Å². The number of benzene rings is 2. The number of thioether (sulfide) groups is 1. The zero-order chi connectivity index (χ0) is 20.7. The van der Waals surface area contributed by atoms with E-state index in [4.69, 9.17) is 9.73 Å². The molecule has 2 aromatic rings. The van der Waals surface area contributed by atoms with Crippen molar-refractivity contribution < 1.29 is 14.6 Å². The molecule has 4 rings (SSSR count). The number of amides is 1. The number of rotatable bonds is 3. The highest BCUT2D eigenvalue weighted by Crippen LogP contribution is 2.40. The lowest BCUT2D eigenvalue weighted by Crippen LogP contribution is -2.50. The molecular weight excluding hydrogens is 524 g/mol. The molecule has 7 nitrogen and oxygen atoms in total. The van der Waals surface area contributed by atoms with E-state index in [1.807, 2.05) is 25.1 Å². The maximum absolute atomic E-state index is 13.0. The van der Waals surface area contributed by atoms with Crippen LogP contribution in [0.25, 0.3) is 5.70 Å². The number of aromatic hydroxyl groups is 1. The lowest BCUT2D eigenvalue weighted by molar-refractivity contribution is -0.116. The molecule has 150 valence electrons. The van der Waals surface area contributed by atoms with E-state index in [1.54, 1.807) is 17.1 Å². The second-order valence-electron chi connectivity index (χ2n) is 6.20. The van der Waals surface area contributed by atoms with Gasteiger partial charge >= 0.3 is 0 Å². The fourth-order valence-electron chi connectivity index (χ4n) is 3.17. The zero-order valence-electron chi connectivity index (χ0n) is 15.4. The van der Waals surface area contributed by atoms with Crippen molar-refractivity contribution in [1.29, 1.82) is 0 Å². The zero-order valence-corrected chi connectivity index (χ0v) is 19.4. The molecule has 0 aromatic heterocycles. The molecule has 1 atom stereocenters. The first-order chi connectivity index (χ1) is 13.9. The van der Waals surface area contributed by atoms with Crippen molar-refractivity contribution in [3.63, 3.8) is 0 Å². The highest BCUT2D eigenvalue weighted by molar-refractivity contribution is 9.10. The lowest BCUT2D eigenvalue weighted by atomic mass is 10.1. The number of ether oxygens (including phenoxy) is 1. The molecule has 2 N–H and O–H groups in total. The SMILES string of the molecule is CCSC1=NN2C(=c3cc(Br)ccc3=NC2c2cc(Br)c(O)c(OC)c2)C(=O)N1. The van der Waals surface area contributed by atoms with E-state index >= 15 is 0 Å². The van der Waals surface area contributed by atoms with E-state index in [0.717, 1.165) is 15.8 Å². The molecule has 0 saturated carbocycles. The summed E-state index contributed by atoms with van der Waals surface area (Å²) < 4.78 is 6.60. The smallest absolute Gasteiger partial charge is 0.276 e. The summed E-state index contributed by atoms with van der Waals surface area (Å²) in [6, 6.07) is 9.05. The van der Waals surface area contributed by atoms with Gasteiger partial charge in [-0.05, 0) is 52.0 Å². The van der Waals surface area contributed by atoms with Crippen LogP contribution in [0.4, 0.5) is 0 Å². The number of fused-ring (bicyclic) bond motifs is 2. The number of nitrogens with one attached hydrogen (secondary N) is 1. The van der Waals surface area contributed by atoms with Crippen LogP contribution in [0.1, 0.15) is 18.7 Å². The predicted molar refractivity (Wildman–Crippen MR) is 119 cm³/mol. The highest BCUT2D eigenvalue weighted by Gasteiger charge is 2.35. The molecule has 0 radical (unpaired) electrons. The summed E-state index contributed by atoms with van der Waals surface area (Å²) in [6.45, 7) is 1.99. The number of phenols is 1. The second kappa shape index (κ2) is 8.00. The average Bonchev–Trinajstić information content (AvgIpc) is 2.69. The maximum Gasteiger partial charge on any atom is 0.276 e. The summed E-state index contributed by atoms with van der Waals surface area (Å²) in [5.74, 6) is 0.842. The molecule has 2 heterocycles. The molecule has 0 fully saturated rings. The van der Waals surface area contributed by atoms with Gasteiger partial charge in [0.25, 0.3) is 5.91 Å². The maximum atomic E-state index is 13.0. The molecule has 0 bridgehead atoms. The fourth-order valence-corrected chi connectivity index (χ4v) is 4.57. The van der Waals surface area contributed by atoms with Gasteiger partial charge in [0.05, 0.1) is 16.9 Å². The average molecular weight is 540 g/mol. The fraction of sp³-hybridized carbons (Fsp3) is 0.211. The number of halogens is 2. The minimum atomic E-state index is -0.594. The van der Waals surface area contributed by atoms with Gasteiger partial charge in [0.1, 0.15) is 5.70 Å². The largest absolute Gasteiger partial charge is 0.503 e. The first-order valence-corrected chi connectivity index (χ1v) is 11.3. The Morgan fingerprint density at radius 3 is 2.83 bits per heavy atom. The van der Waals surface area contributed by atoms with Crippen LogP contribution in [0.5, 0.6) is 11.5 Å². The van der Waals surface area contributed by atoms with Crippen molar-refractivity contribution in [3.05, 3.63) is 55.4 Å². The number of hydrogen-bond acceptors (Lipinski definition) is 7. The Hall–Kier alpha value is -2.04. The minimum Gasteiger partial charge on any atom is -0.503 e. The monoisotopic (exact) mass is 538 g/mol. The number of carbonyl (C=O) groups is 1. The van der Waals surface area contributed by atoms with Gasteiger partial charge in [-0.25, -0.2) is 5.01 Å². The van der Waals surface area contributed by atoms with Crippen LogP contribution in [0.15, 0.2) is 49.4 Å². The third kappa shape index (κ3) is 3.64. The molecule has 0 spiro atoms. The summed E-state index contributed by atoms with van der Waals surface area (Å²) >= 11 is 8.27.